The molecule has 0 saturated carbocycles. The van der Waals surface area contributed by atoms with E-state index in [1.54, 1.807) is 6.92 Å². The monoisotopic (exact) mass is 290 g/mol. The van der Waals surface area contributed by atoms with Crippen LogP contribution in [0.5, 0.6) is 0 Å². The van der Waals surface area contributed by atoms with Crippen molar-refractivity contribution in [2.75, 3.05) is 5.73 Å². The molecule has 10 heteroatoms. The number of allylic oxidation sites excluding steroid dienone is 2. The fraction of sp³-hybridized carbons (Fsp3) is 0.364. The first-order valence-electron chi connectivity index (χ1n) is 6.43. The first kappa shape index (κ1) is 13.1. The minimum absolute atomic E-state index is 0.0733. The highest BCUT2D eigenvalue weighted by Crippen LogP contribution is 2.15. The molecule has 10 nitrogen and oxygen atoms in total. The smallest absolute Gasteiger partial charge is 0.292 e. The van der Waals surface area contributed by atoms with Gasteiger partial charge in [-0.15, -0.1) is 5.10 Å². The third-order valence-corrected chi connectivity index (χ3v) is 3.18. The molecule has 0 saturated heterocycles. The van der Waals surface area contributed by atoms with Crippen molar-refractivity contribution in [3.8, 4) is 5.82 Å². The van der Waals surface area contributed by atoms with Gasteiger partial charge >= 0.3 is 0 Å². The lowest BCUT2D eigenvalue weighted by Crippen LogP contribution is -2.36. The van der Waals surface area contributed by atoms with Crippen LogP contribution in [0.4, 0.5) is 5.82 Å². The molecule has 0 aromatic carbocycles. The van der Waals surface area contributed by atoms with Crippen LogP contribution in [-0.4, -0.2) is 31.2 Å². The molecule has 2 aromatic rings. The molecule has 2 aromatic heterocycles. The van der Waals surface area contributed by atoms with E-state index in [1.165, 1.54) is 4.68 Å². The zero-order valence-corrected chi connectivity index (χ0v) is 11.3. The Morgan fingerprint density at radius 2 is 2.33 bits per heavy atom. The van der Waals surface area contributed by atoms with Gasteiger partial charge in [-0.3, -0.25) is 10.2 Å². The molecule has 0 spiro atoms. The number of nitrogens with two attached hydrogens (primary N) is 1. The fourth-order valence-electron chi connectivity index (χ4n) is 2.06. The maximum absolute atomic E-state index is 12.1. The van der Waals surface area contributed by atoms with Gasteiger partial charge in [-0.25, -0.2) is 4.63 Å². The number of amides is 1. The topological polar surface area (TPSA) is 137 Å². The molecule has 21 heavy (non-hydrogen) atoms. The van der Waals surface area contributed by atoms with Gasteiger partial charge in [0, 0.05) is 5.70 Å². The van der Waals surface area contributed by atoms with Crippen LogP contribution in [0.25, 0.3) is 5.82 Å². The van der Waals surface area contributed by atoms with E-state index in [-0.39, 0.29) is 23.2 Å². The van der Waals surface area contributed by atoms with Crippen molar-refractivity contribution in [3.63, 3.8) is 0 Å². The summed E-state index contributed by atoms with van der Waals surface area (Å²) in [6.07, 6.45) is 5.08. The number of nitrogens with zero attached hydrogens (tertiary/aromatic N) is 5. The summed E-state index contributed by atoms with van der Waals surface area (Å²) in [5.74, 6) is -0.115. The van der Waals surface area contributed by atoms with E-state index in [0.717, 1.165) is 25.0 Å². The number of nitrogens with one attached hydrogen (secondary N) is 2. The van der Waals surface area contributed by atoms with Gasteiger partial charge in [-0.2, -0.15) is 4.68 Å². The minimum Gasteiger partial charge on any atom is -0.378 e. The summed E-state index contributed by atoms with van der Waals surface area (Å²) in [5, 5.41) is 14.8. The first-order chi connectivity index (χ1) is 10.2. The van der Waals surface area contributed by atoms with Crippen LogP contribution in [0.3, 0.4) is 0 Å². The number of hydrogen-bond acceptors (Lipinski definition) is 8. The predicted molar refractivity (Wildman–Crippen MR) is 70.9 cm³/mol. The quantitative estimate of drug-likeness (QED) is 0.661. The molecular formula is C11H14N8O2. The van der Waals surface area contributed by atoms with Gasteiger partial charge in [0.2, 0.25) is 11.6 Å². The van der Waals surface area contributed by atoms with Crippen LogP contribution in [0, 0.1) is 6.92 Å². The Balaban J connectivity index is 1.75. The van der Waals surface area contributed by atoms with E-state index in [4.69, 9.17) is 5.73 Å². The molecule has 4 N–H and O–H groups in total. The number of carbonyl (C=O) groups is 1. The Kier molecular flexibility index (Phi) is 3.26. The van der Waals surface area contributed by atoms with Crippen LogP contribution in [-0.2, 0) is 0 Å². The van der Waals surface area contributed by atoms with Crippen LogP contribution >= 0.6 is 0 Å². The number of rotatable bonds is 4. The number of aromatic nitrogens is 5. The molecule has 0 atom stereocenters. The Bertz CT molecular complexity index is 701. The van der Waals surface area contributed by atoms with Gasteiger partial charge < -0.3 is 11.2 Å². The zero-order chi connectivity index (χ0) is 14.8. The number of hydrazine groups is 1. The Labute approximate surface area is 119 Å². The highest BCUT2D eigenvalue weighted by atomic mass is 16.6. The highest BCUT2D eigenvalue weighted by Gasteiger charge is 2.21. The number of anilines is 1. The second-order valence-electron chi connectivity index (χ2n) is 4.61. The lowest BCUT2D eigenvalue weighted by molar-refractivity contribution is 0.0932. The minimum atomic E-state index is -0.387. The lowest BCUT2D eigenvalue weighted by atomic mass is 10.3. The molecule has 0 aliphatic heterocycles. The molecule has 110 valence electrons. The van der Waals surface area contributed by atoms with Crippen LogP contribution in [0.15, 0.2) is 16.4 Å². The maximum Gasteiger partial charge on any atom is 0.292 e. The van der Waals surface area contributed by atoms with Crippen molar-refractivity contribution < 1.29 is 9.42 Å². The molecule has 2 heterocycles. The van der Waals surface area contributed by atoms with Gasteiger partial charge in [0.1, 0.15) is 0 Å². The largest absolute Gasteiger partial charge is 0.378 e. The average molecular weight is 290 g/mol. The van der Waals surface area contributed by atoms with E-state index >= 15 is 0 Å². The SMILES string of the molecule is Cc1c(C(=O)NNC2=CCCC2)nnn1-c1nonc1N. The molecular weight excluding hydrogens is 276 g/mol. The number of nitrogen functional groups attached to an aromatic ring is 1. The molecule has 1 aliphatic rings. The van der Waals surface area contributed by atoms with E-state index < -0.39 is 0 Å². The maximum atomic E-state index is 12.1. The molecule has 1 aliphatic carbocycles. The summed E-state index contributed by atoms with van der Waals surface area (Å²) in [4.78, 5) is 12.1. The van der Waals surface area contributed by atoms with E-state index in [9.17, 15) is 4.79 Å². The van der Waals surface area contributed by atoms with Gasteiger partial charge in [-0.1, -0.05) is 11.3 Å². The molecule has 3 rings (SSSR count). The molecule has 0 radical (unpaired) electrons. The number of carbonyl (C=O) groups excluding carboxylic acids is 1. The van der Waals surface area contributed by atoms with Crippen LogP contribution in [0.1, 0.15) is 35.4 Å². The summed E-state index contributed by atoms with van der Waals surface area (Å²) in [6, 6.07) is 0. The van der Waals surface area contributed by atoms with E-state index in [1.807, 2.05) is 6.08 Å². The Hall–Kier alpha value is -2.91. The first-order valence-corrected chi connectivity index (χ1v) is 6.43. The molecule has 1 amide bonds. The zero-order valence-electron chi connectivity index (χ0n) is 11.3. The van der Waals surface area contributed by atoms with Gasteiger partial charge in [0.15, 0.2) is 5.69 Å². The summed E-state index contributed by atoms with van der Waals surface area (Å²) < 4.78 is 5.81. The summed E-state index contributed by atoms with van der Waals surface area (Å²) in [5.41, 5.74) is 12.7. The van der Waals surface area contributed by atoms with Gasteiger partial charge in [0.25, 0.3) is 5.91 Å². The normalized spacial score (nSPS) is 14.0. The molecule has 0 bridgehead atoms. The van der Waals surface area contributed by atoms with Crippen LogP contribution < -0.4 is 16.6 Å². The van der Waals surface area contributed by atoms with Crippen molar-refractivity contribution in [3.05, 3.63) is 23.2 Å². The van der Waals surface area contributed by atoms with Gasteiger partial charge in [-0.05, 0) is 36.5 Å². The van der Waals surface area contributed by atoms with Crippen molar-refractivity contribution in [1.82, 2.24) is 36.2 Å². The summed E-state index contributed by atoms with van der Waals surface area (Å²) in [7, 11) is 0. The molecule has 0 fully saturated rings. The van der Waals surface area contributed by atoms with Crippen molar-refractivity contribution >= 4 is 11.7 Å². The van der Waals surface area contributed by atoms with Crippen LogP contribution in [0.2, 0.25) is 0 Å². The lowest BCUT2D eigenvalue weighted by Gasteiger charge is -2.07. The molecule has 0 unspecified atom stereocenters. The van der Waals surface area contributed by atoms with E-state index in [0.29, 0.717) is 5.69 Å². The average Bonchev–Trinajstić information content (AvgIpc) is 3.18. The standard InChI is InChI=1S/C11H14N8O2/c1-6-8(11(20)15-13-7-4-2-3-5-7)14-18-19(6)10-9(12)16-21-17-10/h4,13H,2-3,5H2,1H3,(H2,12,16)(H,15,20). The second kappa shape index (κ2) is 5.23. The Morgan fingerprint density at radius 3 is 3.00 bits per heavy atom. The summed E-state index contributed by atoms with van der Waals surface area (Å²) >= 11 is 0. The Morgan fingerprint density at radius 1 is 1.48 bits per heavy atom. The van der Waals surface area contributed by atoms with Crippen molar-refractivity contribution in [1.29, 1.82) is 0 Å². The third-order valence-electron chi connectivity index (χ3n) is 3.18. The third kappa shape index (κ3) is 2.42. The number of hydrogen-bond donors (Lipinski definition) is 3. The van der Waals surface area contributed by atoms with Crippen molar-refractivity contribution in [2.24, 2.45) is 0 Å². The fourth-order valence-corrected chi connectivity index (χ4v) is 2.06. The predicted octanol–water partition coefficient (Wildman–Crippen LogP) is -0.157. The van der Waals surface area contributed by atoms with E-state index in [2.05, 4.69) is 36.1 Å². The highest BCUT2D eigenvalue weighted by molar-refractivity contribution is 5.93. The summed E-state index contributed by atoms with van der Waals surface area (Å²) in [6.45, 7) is 1.68. The van der Waals surface area contributed by atoms with Crippen molar-refractivity contribution in [2.45, 2.75) is 26.2 Å². The second-order valence-corrected chi connectivity index (χ2v) is 4.61. The van der Waals surface area contributed by atoms with Gasteiger partial charge in [0.05, 0.1) is 5.69 Å².